The number of hydrogen-bond donors (Lipinski definition) is 1. The number of pyridine rings is 1. The molecule has 0 aliphatic rings. The zero-order chi connectivity index (χ0) is 16.3. The van der Waals surface area contributed by atoms with E-state index in [-0.39, 0.29) is 10.8 Å². The van der Waals surface area contributed by atoms with Gasteiger partial charge in [-0.15, -0.1) is 0 Å². The molecule has 2 amide bonds. The molecule has 0 radical (unpaired) electrons. The third kappa shape index (κ3) is 3.64. The number of nitrogens with two attached hydrogens (primary N) is 1. The van der Waals surface area contributed by atoms with E-state index in [1.54, 1.807) is 30.3 Å². The average Bonchev–Trinajstić information content (AvgIpc) is 2.46. The van der Waals surface area contributed by atoms with Crippen LogP contribution in [0.4, 0.5) is 0 Å². The zero-order valence-corrected chi connectivity index (χ0v) is 14.0. The highest BCUT2D eigenvalue weighted by Gasteiger charge is 2.28. The second-order valence-corrected chi connectivity index (χ2v) is 5.92. The van der Waals surface area contributed by atoms with Crippen LogP contribution in [0.3, 0.4) is 0 Å². The topological polar surface area (TPSA) is 76.3 Å². The molecule has 2 aromatic rings. The Balaban J connectivity index is 2.36. The Bertz CT molecular complexity index is 723. The van der Waals surface area contributed by atoms with Gasteiger partial charge in [0.2, 0.25) is 5.91 Å². The molecule has 1 unspecified atom stereocenters. The predicted molar refractivity (Wildman–Crippen MR) is 87.4 cm³/mol. The minimum Gasteiger partial charge on any atom is -0.368 e. The van der Waals surface area contributed by atoms with Crippen LogP contribution in [0.25, 0.3) is 0 Å². The molecule has 0 saturated carbocycles. The van der Waals surface area contributed by atoms with Crippen molar-refractivity contribution in [3.63, 3.8) is 0 Å². The number of aromatic nitrogens is 1. The number of halogens is 2. The van der Waals surface area contributed by atoms with Crippen LogP contribution in [0.2, 0.25) is 5.15 Å². The Hall–Kier alpha value is -1.92. The molecule has 2 rings (SSSR count). The lowest BCUT2D eigenvalue weighted by Crippen LogP contribution is -2.39. The largest absolute Gasteiger partial charge is 0.368 e. The molecular formula is C15H13BrClN3O2. The van der Waals surface area contributed by atoms with Gasteiger partial charge in [-0.05, 0) is 29.8 Å². The lowest BCUT2D eigenvalue weighted by atomic mass is 10.0. The Morgan fingerprint density at radius 2 is 1.95 bits per heavy atom. The molecule has 5 nitrogen and oxygen atoms in total. The van der Waals surface area contributed by atoms with E-state index >= 15 is 0 Å². The zero-order valence-electron chi connectivity index (χ0n) is 11.7. The van der Waals surface area contributed by atoms with Gasteiger partial charge in [-0.1, -0.05) is 45.7 Å². The van der Waals surface area contributed by atoms with Crippen molar-refractivity contribution in [2.24, 2.45) is 5.73 Å². The lowest BCUT2D eigenvalue weighted by Gasteiger charge is -2.26. The number of primary amides is 1. The molecule has 1 aromatic carbocycles. The van der Waals surface area contributed by atoms with Crippen LogP contribution >= 0.6 is 27.5 Å². The molecule has 1 atom stereocenters. The van der Waals surface area contributed by atoms with Crippen LogP contribution in [0.5, 0.6) is 0 Å². The van der Waals surface area contributed by atoms with Crippen LogP contribution in [0.15, 0.2) is 46.9 Å². The molecule has 0 saturated heterocycles. The summed E-state index contributed by atoms with van der Waals surface area (Å²) in [5.41, 5.74) is 6.23. The van der Waals surface area contributed by atoms with Crippen molar-refractivity contribution < 1.29 is 9.59 Å². The van der Waals surface area contributed by atoms with Crippen LogP contribution in [-0.4, -0.2) is 28.7 Å². The minimum atomic E-state index is -0.897. The lowest BCUT2D eigenvalue weighted by molar-refractivity contribution is -0.122. The molecule has 2 N–H and O–H groups in total. The number of carbonyl (C=O) groups excluding carboxylic acids is 2. The molecule has 0 aliphatic heterocycles. The van der Waals surface area contributed by atoms with Crippen molar-refractivity contribution in [3.05, 3.63) is 63.3 Å². The summed E-state index contributed by atoms with van der Waals surface area (Å²) >= 11 is 9.13. The fraction of sp³-hybridized carbons (Fsp3) is 0.133. The maximum absolute atomic E-state index is 12.5. The van der Waals surface area contributed by atoms with E-state index in [9.17, 15) is 9.59 Å². The van der Waals surface area contributed by atoms with E-state index in [2.05, 4.69) is 20.9 Å². The standard InChI is InChI=1S/C15H13BrClN3O2/c1-20(15(22)11-6-3-7-12(17)19-11)13(14(18)21)9-4-2-5-10(16)8-9/h2-8,13H,1H3,(H2,18,21). The quantitative estimate of drug-likeness (QED) is 0.826. The van der Waals surface area contributed by atoms with Gasteiger partial charge in [-0.25, -0.2) is 4.98 Å². The Labute approximate surface area is 141 Å². The van der Waals surface area contributed by atoms with Crippen molar-refractivity contribution in [1.29, 1.82) is 0 Å². The highest BCUT2D eigenvalue weighted by atomic mass is 79.9. The first kappa shape index (κ1) is 16.5. The minimum absolute atomic E-state index is 0.149. The van der Waals surface area contributed by atoms with Gasteiger partial charge in [0.15, 0.2) is 0 Å². The Morgan fingerprint density at radius 1 is 1.27 bits per heavy atom. The maximum Gasteiger partial charge on any atom is 0.273 e. The van der Waals surface area contributed by atoms with Gasteiger partial charge < -0.3 is 10.6 Å². The summed E-state index contributed by atoms with van der Waals surface area (Å²) < 4.78 is 0.790. The molecule has 7 heteroatoms. The maximum atomic E-state index is 12.5. The van der Waals surface area contributed by atoms with Gasteiger partial charge in [-0.3, -0.25) is 9.59 Å². The van der Waals surface area contributed by atoms with Gasteiger partial charge in [0.1, 0.15) is 16.9 Å². The van der Waals surface area contributed by atoms with Crippen LogP contribution in [0, 0.1) is 0 Å². The van der Waals surface area contributed by atoms with E-state index in [0.29, 0.717) is 5.56 Å². The number of rotatable bonds is 4. The number of carbonyl (C=O) groups is 2. The van der Waals surface area contributed by atoms with Gasteiger partial charge in [0.05, 0.1) is 0 Å². The molecule has 0 spiro atoms. The van der Waals surface area contributed by atoms with Crippen LogP contribution < -0.4 is 5.73 Å². The fourth-order valence-electron chi connectivity index (χ4n) is 2.08. The first-order valence-electron chi connectivity index (χ1n) is 6.34. The highest BCUT2D eigenvalue weighted by molar-refractivity contribution is 9.10. The number of likely N-dealkylation sites (N-methyl/N-ethyl adjacent to an activating group) is 1. The first-order chi connectivity index (χ1) is 10.4. The molecule has 22 heavy (non-hydrogen) atoms. The van der Waals surface area contributed by atoms with Gasteiger partial charge in [-0.2, -0.15) is 0 Å². The third-order valence-corrected chi connectivity index (χ3v) is 3.78. The normalized spacial score (nSPS) is 11.8. The number of hydrogen-bond acceptors (Lipinski definition) is 3. The molecule has 1 heterocycles. The summed E-state index contributed by atoms with van der Waals surface area (Å²) in [5.74, 6) is -1.07. The predicted octanol–water partition coefficient (Wildman–Crippen LogP) is 2.80. The summed E-state index contributed by atoms with van der Waals surface area (Å²) in [7, 11) is 1.50. The summed E-state index contributed by atoms with van der Waals surface area (Å²) in [4.78, 5) is 29.5. The molecular weight excluding hydrogens is 370 g/mol. The van der Waals surface area contributed by atoms with Crippen LogP contribution in [0.1, 0.15) is 22.1 Å². The Kier molecular flexibility index (Phi) is 5.15. The summed E-state index contributed by atoms with van der Waals surface area (Å²) in [6.45, 7) is 0. The number of benzene rings is 1. The molecule has 0 fully saturated rings. The summed E-state index contributed by atoms with van der Waals surface area (Å²) in [6, 6.07) is 10.9. The SMILES string of the molecule is CN(C(=O)c1cccc(Cl)n1)C(C(N)=O)c1cccc(Br)c1. The molecule has 114 valence electrons. The smallest absolute Gasteiger partial charge is 0.273 e. The third-order valence-electron chi connectivity index (χ3n) is 3.08. The molecule has 0 bridgehead atoms. The van der Waals surface area contributed by atoms with E-state index < -0.39 is 17.9 Å². The fourth-order valence-corrected chi connectivity index (χ4v) is 2.66. The second-order valence-electron chi connectivity index (χ2n) is 4.62. The summed E-state index contributed by atoms with van der Waals surface area (Å²) in [5, 5.41) is 0.206. The van der Waals surface area contributed by atoms with Gasteiger partial charge >= 0.3 is 0 Å². The van der Waals surface area contributed by atoms with E-state index in [1.165, 1.54) is 18.0 Å². The van der Waals surface area contributed by atoms with Crippen molar-refractivity contribution in [2.45, 2.75) is 6.04 Å². The first-order valence-corrected chi connectivity index (χ1v) is 7.51. The van der Waals surface area contributed by atoms with E-state index in [1.807, 2.05) is 6.07 Å². The van der Waals surface area contributed by atoms with Crippen molar-refractivity contribution >= 4 is 39.3 Å². The van der Waals surface area contributed by atoms with Crippen molar-refractivity contribution in [1.82, 2.24) is 9.88 Å². The number of amides is 2. The van der Waals surface area contributed by atoms with Crippen LogP contribution in [-0.2, 0) is 4.79 Å². The van der Waals surface area contributed by atoms with Gasteiger partial charge in [0.25, 0.3) is 5.91 Å². The second kappa shape index (κ2) is 6.89. The Morgan fingerprint density at radius 3 is 2.55 bits per heavy atom. The van der Waals surface area contributed by atoms with Crippen molar-refractivity contribution in [3.8, 4) is 0 Å². The van der Waals surface area contributed by atoms with E-state index in [4.69, 9.17) is 17.3 Å². The van der Waals surface area contributed by atoms with E-state index in [0.717, 1.165) is 4.47 Å². The average molecular weight is 383 g/mol. The highest BCUT2D eigenvalue weighted by Crippen LogP contribution is 2.24. The monoisotopic (exact) mass is 381 g/mol. The number of nitrogens with zero attached hydrogens (tertiary/aromatic N) is 2. The molecule has 0 aliphatic carbocycles. The van der Waals surface area contributed by atoms with Gasteiger partial charge in [0, 0.05) is 11.5 Å². The van der Waals surface area contributed by atoms with Crippen molar-refractivity contribution in [2.75, 3.05) is 7.05 Å². The summed E-state index contributed by atoms with van der Waals surface area (Å²) in [6.07, 6.45) is 0. The molecule has 1 aromatic heterocycles.